The fourth-order valence-electron chi connectivity index (χ4n) is 2.10. The summed E-state index contributed by atoms with van der Waals surface area (Å²) in [7, 11) is 1.41. The van der Waals surface area contributed by atoms with E-state index in [1.54, 1.807) is 0 Å². The molecule has 0 aromatic heterocycles. The molecule has 25 heavy (non-hydrogen) atoms. The molecule has 0 saturated heterocycles. The maximum Gasteiger partial charge on any atom is 0.255 e. The van der Waals surface area contributed by atoms with Crippen LogP contribution in [0.15, 0.2) is 30.3 Å². The van der Waals surface area contributed by atoms with Gasteiger partial charge in [-0.2, -0.15) is 0 Å². The number of nitrogens with two attached hydrogens (primary N) is 1. The number of methoxy groups -OCH3 is 1. The first-order valence-electron chi connectivity index (χ1n) is 7.18. The van der Waals surface area contributed by atoms with E-state index in [2.05, 4.69) is 27.9 Å². The summed E-state index contributed by atoms with van der Waals surface area (Å²) in [5, 5.41) is 2.97. The number of anilines is 1. The molecule has 132 valence electrons. The Labute approximate surface area is 163 Å². The molecular formula is C17H16ClIN2O4. The van der Waals surface area contributed by atoms with Gasteiger partial charge in [0.1, 0.15) is 0 Å². The van der Waals surface area contributed by atoms with Crippen LogP contribution in [-0.2, 0) is 4.79 Å². The van der Waals surface area contributed by atoms with Gasteiger partial charge in [-0.1, -0.05) is 11.6 Å². The third kappa shape index (κ3) is 4.99. The van der Waals surface area contributed by atoms with Crippen LogP contribution in [0.2, 0.25) is 5.02 Å². The lowest BCUT2D eigenvalue weighted by Gasteiger charge is -2.14. The van der Waals surface area contributed by atoms with Gasteiger partial charge in [0, 0.05) is 14.8 Å². The lowest BCUT2D eigenvalue weighted by Crippen LogP contribution is -2.20. The fraction of sp³-hybridized carbons (Fsp3) is 0.176. The Balaban J connectivity index is 2.27. The molecule has 0 fully saturated rings. The van der Waals surface area contributed by atoms with Crippen molar-refractivity contribution in [2.75, 3.05) is 19.0 Å². The first-order valence-corrected chi connectivity index (χ1v) is 8.63. The van der Waals surface area contributed by atoms with Crippen molar-refractivity contribution >= 4 is 51.7 Å². The molecule has 0 aliphatic carbocycles. The van der Waals surface area contributed by atoms with Crippen molar-refractivity contribution in [1.29, 1.82) is 0 Å². The number of primary amides is 1. The first kappa shape index (κ1) is 19.3. The van der Waals surface area contributed by atoms with E-state index in [1.807, 2.05) is 25.1 Å². The van der Waals surface area contributed by atoms with Gasteiger partial charge in [-0.15, -0.1) is 0 Å². The highest BCUT2D eigenvalue weighted by molar-refractivity contribution is 14.1. The summed E-state index contributed by atoms with van der Waals surface area (Å²) in [4.78, 5) is 23.4. The fourth-order valence-corrected chi connectivity index (χ4v) is 3.01. The molecule has 2 amide bonds. The van der Waals surface area contributed by atoms with Gasteiger partial charge in [-0.3, -0.25) is 9.59 Å². The second kappa shape index (κ2) is 8.39. The van der Waals surface area contributed by atoms with Crippen molar-refractivity contribution in [1.82, 2.24) is 0 Å². The van der Waals surface area contributed by atoms with Crippen LogP contribution in [0.3, 0.4) is 0 Å². The highest BCUT2D eigenvalue weighted by atomic mass is 127. The third-order valence-electron chi connectivity index (χ3n) is 3.29. The molecule has 0 aliphatic heterocycles. The molecule has 0 unspecified atom stereocenters. The van der Waals surface area contributed by atoms with Gasteiger partial charge in [0.15, 0.2) is 18.1 Å². The van der Waals surface area contributed by atoms with E-state index in [4.69, 9.17) is 26.8 Å². The minimum absolute atomic E-state index is 0.144. The van der Waals surface area contributed by atoms with Gasteiger partial charge < -0.3 is 20.5 Å². The van der Waals surface area contributed by atoms with Crippen LogP contribution in [0.1, 0.15) is 15.9 Å². The van der Waals surface area contributed by atoms with E-state index < -0.39 is 5.91 Å². The van der Waals surface area contributed by atoms with Crippen molar-refractivity contribution in [2.24, 2.45) is 5.73 Å². The Bertz CT molecular complexity index is 827. The van der Waals surface area contributed by atoms with Crippen LogP contribution in [-0.4, -0.2) is 25.5 Å². The lowest BCUT2D eigenvalue weighted by molar-refractivity contribution is -0.119. The molecule has 3 N–H and O–H groups in total. The first-order chi connectivity index (χ1) is 11.8. The smallest absolute Gasteiger partial charge is 0.255 e. The van der Waals surface area contributed by atoms with Gasteiger partial charge in [0.2, 0.25) is 0 Å². The number of amides is 2. The molecule has 6 nitrogen and oxygen atoms in total. The highest BCUT2D eigenvalue weighted by Crippen LogP contribution is 2.36. The summed E-state index contributed by atoms with van der Waals surface area (Å²) in [6.45, 7) is 1.57. The number of nitrogens with one attached hydrogen (secondary N) is 1. The molecular weight excluding hydrogens is 459 g/mol. The maximum atomic E-state index is 12.5. The number of hydrogen-bond donors (Lipinski definition) is 2. The van der Waals surface area contributed by atoms with Gasteiger partial charge in [-0.05, 0) is 65.4 Å². The molecule has 0 heterocycles. The van der Waals surface area contributed by atoms with E-state index in [0.29, 0.717) is 11.3 Å². The monoisotopic (exact) mass is 474 g/mol. The average Bonchev–Trinajstić information content (AvgIpc) is 2.55. The standard InChI is InChI=1S/C17H16ClIN2O4/c1-9-5-11(19)3-4-13(9)21-17(23)10-6-12(18)16(14(7-10)24-2)25-8-15(20)22/h3-7H,8H2,1-2H3,(H2,20,22)(H,21,23). The predicted molar refractivity (Wildman–Crippen MR) is 105 cm³/mol. The molecule has 0 atom stereocenters. The van der Waals surface area contributed by atoms with E-state index >= 15 is 0 Å². The molecule has 2 rings (SSSR count). The zero-order valence-electron chi connectivity index (χ0n) is 13.6. The van der Waals surface area contributed by atoms with Crippen LogP contribution < -0.4 is 20.5 Å². The Morgan fingerprint density at radius 3 is 2.60 bits per heavy atom. The van der Waals surface area contributed by atoms with Crippen molar-refractivity contribution in [3.05, 3.63) is 50.1 Å². The van der Waals surface area contributed by atoms with Crippen molar-refractivity contribution in [2.45, 2.75) is 6.92 Å². The molecule has 8 heteroatoms. The molecule has 2 aromatic carbocycles. The summed E-state index contributed by atoms with van der Waals surface area (Å²) in [5.74, 6) is -0.594. The summed E-state index contributed by atoms with van der Waals surface area (Å²) < 4.78 is 11.5. The summed E-state index contributed by atoms with van der Waals surface area (Å²) >= 11 is 8.36. The molecule has 0 bridgehead atoms. The Hall–Kier alpha value is -2.00. The van der Waals surface area contributed by atoms with E-state index in [1.165, 1.54) is 19.2 Å². The minimum atomic E-state index is -0.644. The molecule has 0 aliphatic rings. The van der Waals surface area contributed by atoms with Crippen LogP contribution >= 0.6 is 34.2 Å². The second-order valence-corrected chi connectivity index (χ2v) is 6.81. The maximum absolute atomic E-state index is 12.5. The molecule has 0 saturated carbocycles. The highest BCUT2D eigenvalue weighted by Gasteiger charge is 2.17. The number of aryl methyl sites for hydroxylation is 1. The zero-order valence-corrected chi connectivity index (χ0v) is 16.5. The van der Waals surface area contributed by atoms with Crippen LogP contribution in [0.25, 0.3) is 0 Å². The topological polar surface area (TPSA) is 90.7 Å². The molecule has 0 radical (unpaired) electrons. The van der Waals surface area contributed by atoms with Gasteiger partial charge in [0.25, 0.3) is 11.8 Å². The van der Waals surface area contributed by atoms with Crippen LogP contribution in [0.5, 0.6) is 11.5 Å². The van der Waals surface area contributed by atoms with Crippen molar-refractivity contribution < 1.29 is 19.1 Å². The minimum Gasteiger partial charge on any atom is -0.493 e. The number of carbonyl (C=O) groups is 2. The number of benzene rings is 2. The van der Waals surface area contributed by atoms with E-state index in [9.17, 15) is 9.59 Å². The van der Waals surface area contributed by atoms with Crippen molar-refractivity contribution in [3.8, 4) is 11.5 Å². The lowest BCUT2D eigenvalue weighted by atomic mass is 10.1. The molecule has 0 spiro atoms. The number of rotatable bonds is 6. The summed E-state index contributed by atoms with van der Waals surface area (Å²) in [6, 6.07) is 8.62. The number of halogens is 2. The number of carbonyl (C=O) groups excluding carboxylic acids is 2. The summed E-state index contributed by atoms with van der Waals surface area (Å²) in [6.07, 6.45) is 0. The van der Waals surface area contributed by atoms with Gasteiger partial charge in [0.05, 0.1) is 12.1 Å². The van der Waals surface area contributed by atoms with Gasteiger partial charge >= 0.3 is 0 Å². The largest absolute Gasteiger partial charge is 0.493 e. The Morgan fingerprint density at radius 2 is 2.00 bits per heavy atom. The normalized spacial score (nSPS) is 10.2. The third-order valence-corrected chi connectivity index (χ3v) is 4.24. The van der Waals surface area contributed by atoms with Crippen molar-refractivity contribution in [3.63, 3.8) is 0 Å². The Morgan fingerprint density at radius 1 is 1.28 bits per heavy atom. The quantitative estimate of drug-likeness (QED) is 0.628. The van der Waals surface area contributed by atoms with Crippen LogP contribution in [0.4, 0.5) is 5.69 Å². The molecule has 2 aromatic rings. The number of ether oxygens (including phenoxy) is 2. The van der Waals surface area contributed by atoms with Gasteiger partial charge in [-0.25, -0.2) is 0 Å². The van der Waals surface area contributed by atoms with Crippen LogP contribution in [0, 0.1) is 10.5 Å². The average molecular weight is 475 g/mol. The Kier molecular flexibility index (Phi) is 6.49. The van der Waals surface area contributed by atoms with E-state index in [0.717, 1.165) is 9.13 Å². The van der Waals surface area contributed by atoms with E-state index in [-0.39, 0.29) is 29.0 Å². The zero-order chi connectivity index (χ0) is 18.6. The summed E-state index contributed by atoms with van der Waals surface area (Å²) in [5.41, 5.74) is 7.00. The number of hydrogen-bond acceptors (Lipinski definition) is 4. The second-order valence-electron chi connectivity index (χ2n) is 5.16. The predicted octanol–water partition coefficient (Wildman–Crippen LogP) is 3.38. The SMILES string of the molecule is COc1cc(C(=O)Nc2ccc(I)cc2C)cc(Cl)c1OCC(N)=O.